The van der Waals surface area contributed by atoms with Gasteiger partial charge in [0.1, 0.15) is 5.69 Å². The van der Waals surface area contributed by atoms with Crippen molar-refractivity contribution in [2.24, 2.45) is 0 Å². The highest BCUT2D eigenvalue weighted by Crippen LogP contribution is 2.17. The van der Waals surface area contributed by atoms with Crippen molar-refractivity contribution in [2.45, 2.75) is 0 Å². The minimum atomic E-state index is -0.235. The van der Waals surface area contributed by atoms with Gasteiger partial charge in [-0.3, -0.25) is 9.78 Å². The second kappa shape index (κ2) is 5.38. The first-order valence-corrected chi connectivity index (χ1v) is 6.79. The lowest BCUT2D eigenvalue weighted by Gasteiger charge is -2.06. The number of aromatic nitrogens is 2. The largest absolute Gasteiger partial charge is 0.321 e. The van der Waals surface area contributed by atoms with Crippen LogP contribution in [0.15, 0.2) is 59.3 Å². The van der Waals surface area contributed by atoms with Crippen LogP contribution in [0.4, 0.5) is 5.69 Å². The van der Waals surface area contributed by atoms with Gasteiger partial charge in [-0.25, -0.2) is 4.98 Å². The van der Waals surface area contributed by atoms with Crippen LogP contribution in [0.3, 0.4) is 0 Å². The lowest BCUT2D eigenvalue weighted by Crippen LogP contribution is -2.13. The molecule has 5 heteroatoms. The van der Waals surface area contributed by atoms with Crippen molar-refractivity contribution in [1.29, 1.82) is 0 Å². The van der Waals surface area contributed by atoms with Gasteiger partial charge >= 0.3 is 0 Å². The summed E-state index contributed by atoms with van der Waals surface area (Å²) >= 11 is 3.29. The maximum Gasteiger partial charge on any atom is 0.274 e. The molecule has 0 unspecified atom stereocenters. The van der Waals surface area contributed by atoms with E-state index < -0.39 is 0 Å². The summed E-state index contributed by atoms with van der Waals surface area (Å²) in [5, 5.41) is 3.81. The first-order valence-electron chi connectivity index (χ1n) is 6.00. The lowest BCUT2D eigenvalue weighted by atomic mass is 10.2. The molecule has 0 saturated carbocycles. The SMILES string of the molecule is O=C(Nc1ccc2ncccc2c1)c1ccc(Br)cn1. The molecule has 2 aromatic heterocycles. The van der Waals surface area contributed by atoms with Gasteiger partial charge in [0.15, 0.2) is 0 Å². The molecule has 0 fully saturated rings. The van der Waals surface area contributed by atoms with E-state index in [0.29, 0.717) is 5.69 Å². The number of amides is 1. The second-order valence-corrected chi connectivity index (χ2v) is 5.14. The van der Waals surface area contributed by atoms with Gasteiger partial charge in [-0.05, 0) is 52.3 Å². The van der Waals surface area contributed by atoms with Crippen LogP contribution in [-0.2, 0) is 0 Å². The quantitative estimate of drug-likeness (QED) is 0.781. The number of nitrogens with one attached hydrogen (secondary N) is 1. The molecule has 2 heterocycles. The molecule has 0 spiro atoms. The van der Waals surface area contributed by atoms with E-state index in [1.807, 2.05) is 30.3 Å². The monoisotopic (exact) mass is 327 g/mol. The fraction of sp³-hybridized carbons (Fsp3) is 0. The Balaban J connectivity index is 1.85. The van der Waals surface area contributed by atoms with E-state index in [0.717, 1.165) is 21.1 Å². The van der Waals surface area contributed by atoms with Crippen LogP contribution >= 0.6 is 15.9 Å². The summed E-state index contributed by atoms with van der Waals surface area (Å²) in [6, 6.07) is 12.9. The van der Waals surface area contributed by atoms with E-state index in [-0.39, 0.29) is 5.91 Å². The molecular weight excluding hydrogens is 318 g/mol. The van der Waals surface area contributed by atoms with E-state index in [4.69, 9.17) is 0 Å². The van der Waals surface area contributed by atoms with Gasteiger partial charge in [0.05, 0.1) is 5.52 Å². The molecular formula is C15H10BrN3O. The van der Waals surface area contributed by atoms with E-state index in [2.05, 4.69) is 31.2 Å². The molecule has 0 aliphatic carbocycles. The summed E-state index contributed by atoms with van der Waals surface area (Å²) in [4.78, 5) is 20.4. The Labute approximate surface area is 124 Å². The molecule has 0 atom stereocenters. The Morgan fingerprint density at radius 2 is 2.00 bits per heavy atom. The van der Waals surface area contributed by atoms with Crippen molar-refractivity contribution in [3.8, 4) is 0 Å². The average Bonchev–Trinajstić information content (AvgIpc) is 2.48. The average molecular weight is 328 g/mol. The van der Waals surface area contributed by atoms with Crippen LogP contribution in [0, 0.1) is 0 Å². The van der Waals surface area contributed by atoms with Gasteiger partial charge in [-0.2, -0.15) is 0 Å². The number of carbonyl (C=O) groups is 1. The predicted octanol–water partition coefficient (Wildman–Crippen LogP) is 3.64. The standard InChI is InChI=1S/C15H10BrN3O/c16-11-3-5-14(18-9-11)15(20)19-12-4-6-13-10(8-12)2-1-7-17-13/h1-9H,(H,19,20). The molecule has 1 N–H and O–H groups in total. The summed E-state index contributed by atoms with van der Waals surface area (Å²) in [6.45, 7) is 0. The van der Waals surface area contributed by atoms with Crippen molar-refractivity contribution in [1.82, 2.24) is 9.97 Å². The van der Waals surface area contributed by atoms with Crippen molar-refractivity contribution >= 4 is 38.4 Å². The molecule has 3 aromatic rings. The number of nitrogens with zero attached hydrogens (tertiary/aromatic N) is 2. The van der Waals surface area contributed by atoms with Gasteiger partial charge < -0.3 is 5.32 Å². The number of hydrogen-bond acceptors (Lipinski definition) is 3. The molecule has 1 amide bonds. The van der Waals surface area contributed by atoms with Gasteiger partial charge in [-0.15, -0.1) is 0 Å². The van der Waals surface area contributed by atoms with Gasteiger partial charge in [0.25, 0.3) is 5.91 Å². The molecule has 0 bridgehead atoms. The zero-order valence-electron chi connectivity index (χ0n) is 10.4. The third kappa shape index (κ3) is 2.67. The maximum absolute atomic E-state index is 12.1. The third-order valence-corrected chi connectivity index (χ3v) is 3.29. The highest BCUT2D eigenvalue weighted by atomic mass is 79.9. The molecule has 1 aromatic carbocycles. The van der Waals surface area contributed by atoms with E-state index in [9.17, 15) is 4.79 Å². The predicted molar refractivity (Wildman–Crippen MR) is 81.6 cm³/mol. The van der Waals surface area contributed by atoms with Crippen LogP contribution in [0.5, 0.6) is 0 Å². The molecule has 0 radical (unpaired) electrons. The number of hydrogen-bond donors (Lipinski definition) is 1. The number of benzene rings is 1. The van der Waals surface area contributed by atoms with Gasteiger partial charge in [0.2, 0.25) is 0 Å². The summed E-state index contributed by atoms with van der Waals surface area (Å²) in [5.74, 6) is -0.235. The van der Waals surface area contributed by atoms with E-state index >= 15 is 0 Å². The summed E-state index contributed by atoms with van der Waals surface area (Å²) in [5.41, 5.74) is 1.99. The van der Waals surface area contributed by atoms with Crippen LogP contribution in [-0.4, -0.2) is 15.9 Å². The minimum absolute atomic E-state index is 0.235. The van der Waals surface area contributed by atoms with Crippen molar-refractivity contribution < 1.29 is 4.79 Å². The second-order valence-electron chi connectivity index (χ2n) is 4.23. The number of rotatable bonds is 2. The van der Waals surface area contributed by atoms with Crippen LogP contribution in [0.2, 0.25) is 0 Å². The Morgan fingerprint density at radius 3 is 2.80 bits per heavy atom. The lowest BCUT2D eigenvalue weighted by molar-refractivity contribution is 0.102. The molecule has 4 nitrogen and oxygen atoms in total. The highest BCUT2D eigenvalue weighted by Gasteiger charge is 2.07. The van der Waals surface area contributed by atoms with Gasteiger partial charge in [-0.1, -0.05) is 6.07 Å². The maximum atomic E-state index is 12.1. The summed E-state index contributed by atoms with van der Waals surface area (Å²) in [7, 11) is 0. The molecule has 3 rings (SSSR count). The smallest absolute Gasteiger partial charge is 0.274 e. The number of anilines is 1. The zero-order chi connectivity index (χ0) is 13.9. The molecule has 98 valence electrons. The highest BCUT2D eigenvalue weighted by molar-refractivity contribution is 9.10. The minimum Gasteiger partial charge on any atom is -0.321 e. The summed E-state index contributed by atoms with van der Waals surface area (Å²) < 4.78 is 0.839. The molecule has 20 heavy (non-hydrogen) atoms. The first kappa shape index (κ1) is 12.7. The molecule has 0 saturated heterocycles. The van der Waals surface area contributed by atoms with Crippen LogP contribution in [0.1, 0.15) is 10.5 Å². The number of carbonyl (C=O) groups excluding carboxylic acids is 1. The topological polar surface area (TPSA) is 54.9 Å². The number of fused-ring (bicyclic) bond motifs is 1. The Kier molecular flexibility index (Phi) is 3.43. The van der Waals surface area contributed by atoms with E-state index in [1.165, 1.54) is 0 Å². The summed E-state index contributed by atoms with van der Waals surface area (Å²) in [6.07, 6.45) is 3.34. The number of pyridine rings is 2. The Morgan fingerprint density at radius 1 is 1.10 bits per heavy atom. The van der Waals surface area contributed by atoms with Crippen molar-refractivity contribution in [2.75, 3.05) is 5.32 Å². The van der Waals surface area contributed by atoms with Crippen LogP contribution < -0.4 is 5.32 Å². The van der Waals surface area contributed by atoms with Crippen molar-refractivity contribution in [3.05, 3.63) is 65.0 Å². The molecule has 0 aliphatic rings. The molecule has 0 aliphatic heterocycles. The number of halogens is 1. The Hall–Kier alpha value is -2.27. The van der Waals surface area contributed by atoms with Crippen LogP contribution in [0.25, 0.3) is 10.9 Å². The zero-order valence-corrected chi connectivity index (χ0v) is 12.0. The fourth-order valence-electron chi connectivity index (χ4n) is 1.86. The normalized spacial score (nSPS) is 10.4. The van der Waals surface area contributed by atoms with Gasteiger partial charge in [0, 0.05) is 27.9 Å². The third-order valence-electron chi connectivity index (χ3n) is 2.82. The fourth-order valence-corrected chi connectivity index (χ4v) is 2.09. The Bertz CT molecular complexity index is 771. The first-order chi connectivity index (χ1) is 9.72. The van der Waals surface area contributed by atoms with Crippen molar-refractivity contribution in [3.63, 3.8) is 0 Å². The van der Waals surface area contributed by atoms with E-state index in [1.54, 1.807) is 24.5 Å².